The predicted octanol–water partition coefficient (Wildman–Crippen LogP) is 3.26. The second kappa shape index (κ2) is 7.04. The monoisotopic (exact) mass is 312 g/mol. The van der Waals surface area contributed by atoms with E-state index >= 15 is 0 Å². The number of aryl methyl sites for hydroxylation is 1. The summed E-state index contributed by atoms with van der Waals surface area (Å²) >= 11 is 5.38. The van der Waals surface area contributed by atoms with Gasteiger partial charge in [-0.15, -0.1) is 0 Å². The molecule has 1 heterocycles. The molecule has 0 radical (unpaired) electrons. The number of imidazole rings is 1. The molecule has 20 heavy (non-hydrogen) atoms. The molecule has 110 valence electrons. The Labute approximate surface area is 126 Å². The summed E-state index contributed by atoms with van der Waals surface area (Å²) in [6.07, 6.45) is 3.55. The van der Waals surface area contributed by atoms with Gasteiger partial charge in [0.1, 0.15) is 11.3 Å². The van der Waals surface area contributed by atoms with E-state index < -0.39 is 10.8 Å². The Kier molecular flexibility index (Phi) is 5.37. The van der Waals surface area contributed by atoms with Crippen molar-refractivity contribution in [3.8, 4) is 5.75 Å². The number of H-pyrrole nitrogens is 1. The molecule has 1 aromatic carbocycles. The number of nitrogens with one attached hydrogen (secondary N) is 1. The summed E-state index contributed by atoms with van der Waals surface area (Å²) in [6.45, 7) is 3.55. The van der Waals surface area contributed by atoms with E-state index in [4.69, 9.17) is 17.0 Å². The molecule has 0 amide bonds. The first-order valence-corrected chi connectivity index (χ1v) is 8.91. The van der Waals surface area contributed by atoms with Crippen molar-refractivity contribution in [2.24, 2.45) is 0 Å². The number of rotatable bonds is 7. The molecule has 1 unspecified atom stereocenters. The molecule has 2 aromatic rings. The van der Waals surface area contributed by atoms with Gasteiger partial charge in [-0.05, 0) is 37.2 Å². The first kappa shape index (κ1) is 15.3. The Morgan fingerprint density at radius 3 is 2.95 bits per heavy atom. The molecule has 2 rings (SSSR count). The number of para-hydroxylation sites is 1. The van der Waals surface area contributed by atoms with Gasteiger partial charge in [-0.1, -0.05) is 13.0 Å². The summed E-state index contributed by atoms with van der Waals surface area (Å²) in [7, 11) is -0.758. The SMILES string of the molecule is CCCOc1cccc2c1[nH]c(=S)n2CCCS(C)=O. The van der Waals surface area contributed by atoms with Gasteiger partial charge in [-0.3, -0.25) is 4.21 Å². The third-order valence-corrected chi connectivity index (χ3v) is 4.23. The van der Waals surface area contributed by atoms with Gasteiger partial charge < -0.3 is 14.3 Å². The van der Waals surface area contributed by atoms with Crippen LogP contribution in [0.15, 0.2) is 18.2 Å². The van der Waals surface area contributed by atoms with E-state index in [0.717, 1.165) is 36.2 Å². The van der Waals surface area contributed by atoms with Gasteiger partial charge in [0.25, 0.3) is 0 Å². The van der Waals surface area contributed by atoms with Crippen LogP contribution < -0.4 is 4.74 Å². The second-order valence-electron chi connectivity index (χ2n) is 4.71. The number of benzene rings is 1. The average molecular weight is 312 g/mol. The molecule has 0 aliphatic rings. The van der Waals surface area contributed by atoms with Crippen LogP contribution in [0.4, 0.5) is 0 Å². The lowest BCUT2D eigenvalue weighted by atomic mass is 10.3. The zero-order valence-corrected chi connectivity index (χ0v) is 13.5. The molecule has 1 N–H and O–H groups in total. The quantitative estimate of drug-likeness (QED) is 0.798. The lowest BCUT2D eigenvalue weighted by Gasteiger charge is -2.07. The van der Waals surface area contributed by atoms with Crippen molar-refractivity contribution in [1.82, 2.24) is 9.55 Å². The van der Waals surface area contributed by atoms with Gasteiger partial charge in [0.15, 0.2) is 4.77 Å². The van der Waals surface area contributed by atoms with Gasteiger partial charge in [0.05, 0.1) is 12.1 Å². The van der Waals surface area contributed by atoms with E-state index in [1.165, 1.54) is 0 Å². The topological polar surface area (TPSA) is 47.0 Å². The summed E-state index contributed by atoms with van der Waals surface area (Å²) in [5, 5.41) is 0. The van der Waals surface area contributed by atoms with Crippen molar-refractivity contribution < 1.29 is 8.95 Å². The molecule has 0 aliphatic heterocycles. The maximum Gasteiger partial charge on any atom is 0.178 e. The highest BCUT2D eigenvalue weighted by atomic mass is 32.2. The number of hydrogen-bond acceptors (Lipinski definition) is 3. The fraction of sp³-hybridized carbons (Fsp3) is 0.500. The number of nitrogens with zero attached hydrogens (tertiary/aromatic N) is 1. The Balaban J connectivity index is 2.29. The normalized spacial score (nSPS) is 12.7. The second-order valence-corrected chi connectivity index (χ2v) is 6.65. The summed E-state index contributed by atoms with van der Waals surface area (Å²) in [5.74, 6) is 1.54. The van der Waals surface area contributed by atoms with Crippen molar-refractivity contribution in [1.29, 1.82) is 0 Å². The summed E-state index contributed by atoms with van der Waals surface area (Å²) in [6, 6.07) is 5.96. The van der Waals surface area contributed by atoms with Crippen LogP contribution in [0.2, 0.25) is 0 Å². The highest BCUT2D eigenvalue weighted by Crippen LogP contribution is 2.25. The van der Waals surface area contributed by atoms with Crippen LogP contribution in [-0.4, -0.2) is 32.4 Å². The zero-order chi connectivity index (χ0) is 14.5. The van der Waals surface area contributed by atoms with Gasteiger partial charge in [-0.2, -0.15) is 0 Å². The number of aromatic amines is 1. The highest BCUT2D eigenvalue weighted by molar-refractivity contribution is 7.84. The lowest BCUT2D eigenvalue weighted by molar-refractivity contribution is 0.320. The fourth-order valence-corrected chi connectivity index (χ4v) is 2.96. The summed E-state index contributed by atoms with van der Waals surface area (Å²) < 4.78 is 19.6. The predicted molar refractivity (Wildman–Crippen MR) is 86.5 cm³/mol. The van der Waals surface area contributed by atoms with E-state index in [0.29, 0.717) is 17.1 Å². The van der Waals surface area contributed by atoms with Crippen molar-refractivity contribution >= 4 is 34.1 Å². The fourth-order valence-electron chi connectivity index (χ4n) is 2.13. The van der Waals surface area contributed by atoms with E-state index in [9.17, 15) is 4.21 Å². The Morgan fingerprint density at radius 2 is 2.25 bits per heavy atom. The number of aromatic nitrogens is 2. The molecule has 0 saturated carbocycles. The molecule has 0 bridgehead atoms. The molecule has 1 aromatic heterocycles. The molecule has 1 atom stereocenters. The van der Waals surface area contributed by atoms with Crippen LogP contribution in [0, 0.1) is 4.77 Å². The van der Waals surface area contributed by atoms with Crippen molar-refractivity contribution in [2.45, 2.75) is 26.3 Å². The van der Waals surface area contributed by atoms with Crippen LogP contribution in [0.25, 0.3) is 11.0 Å². The van der Waals surface area contributed by atoms with Gasteiger partial charge >= 0.3 is 0 Å². The largest absolute Gasteiger partial charge is 0.491 e. The zero-order valence-electron chi connectivity index (χ0n) is 11.8. The molecule has 6 heteroatoms. The molecule has 0 fully saturated rings. The number of fused-ring (bicyclic) bond motifs is 1. The van der Waals surface area contributed by atoms with Gasteiger partial charge in [0.2, 0.25) is 0 Å². The Morgan fingerprint density at radius 1 is 1.45 bits per heavy atom. The van der Waals surface area contributed by atoms with Crippen molar-refractivity contribution in [3.05, 3.63) is 23.0 Å². The minimum Gasteiger partial charge on any atom is -0.491 e. The van der Waals surface area contributed by atoms with Crippen LogP contribution in [0.3, 0.4) is 0 Å². The number of hydrogen-bond donors (Lipinski definition) is 1. The Bertz CT molecular complexity index is 661. The minimum atomic E-state index is -0.758. The van der Waals surface area contributed by atoms with E-state index in [-0.39, 0.29) is 0 Å². The minimum absolute atomic E-state index is 0.689. The maximum atomic E-state index is 11.1. The first-order valence-electron chi connectivity index (χ1n) is 6.78. The molecular formula is C14H20N2O2S2. The van der Waals surface area contributed by atoms with Gasteiger partial charge in [0, 0.05) is 29.4 Å². The standard InChI is InChI=1S/C14H20N2O2S2/c1-3-9-18-12-7-4-6-11-13(12)15-14(19)16(11)8-5-10-20(2)17/h4,6-7H,3,5,8-10H2,1-2H3,(H,15,19). The highest BCUT2D eigenvalue weighted by Gasteiger charge is 2.09. The van der Waals surface area contributed by atoms with E-state index in [2.05, 4.69) is 16.5 Å². The van der Waals surface area contributed by atoms with E-state index in [1.807, 2.05) is 18.2 Å². The molecular weight excluding hydrogens is 292 g/mol. The molecule has 0 saturated heterocycles. The Hall–Kier alpha value is -1.14. The third-order valence-electron chi connectivity index (χ3n) is 3.05. The van der Waals surface area contributed by atoms with Crippen LogP contribution >= 0.6 is 12.2 Å². The van der Waals surface area contributed by atoms with Crippen LogP contribution in [0.5, 0.6) is 5.75 Å². The molecule has 4 nitrogen and oxygen atoms in total. The third kappa shape index (κ3) is 3.49. The van der Waals surface area contributed by atoms with Crippen molar-refractivity contribution in [2.75, 3.05) is 18.6 Å². The molecule has 0 spiro atoms. The van der Waals surface area contributed by atoms with Crippen LogP contribution in [-0.2, 0) is 17.3 Å². The van der Waals surface area contributed by atoms with E-state index in [1.54, 1.807) is 6.26 Å². The van der Waals surface area contributed by atoms with Crippen LogP contribution in [0.1, 0.15) is 19.8 Å². The smallest absolute Gasteiger partial charge is 0.178 e. The number of ether oxygens (including phenoxy) is 1. The lowest BCUT2D eigenvalue weighted by Crippen LogP contribution is -2.03. The summed E-state index contributed by atoms with van der Waals surface area (Å²) in [5.41, 5.74) is 1.99. The maximum absolute atomic E-state index is 11.1. The summed E-state index contributed by atoms with van der Waals surface area (Å²) in [4.78, 5) is 3.22. The molecule has 0 aliphatic carbocycles. The van der Waals surface area contributed by atoms with Crippen molar-refractivity contribution in [3.63, 3.8) is 0 Å². The van der Waals surface area contributed by atoms with Gasteiger partial charge in [-0.25, -0.2) is 0 Å². The average Bonchev–Trinajstić information content (AvgIpc) is 2.73. The first-order chi connectivity index (χ1) is 9.63.